The average Bonchev–Trinajstić information content (AvgIpc) is 2.82. The fourth-order valence-corrected chi connectivity index (χ4v) is 1.66. The lowest BCUT2D eigenvalue weighted by molar-refractivity contribution is -0.136. The van der Waals surface area contributed by atoms with E-state index in [0.717, 1.165) is 11.1 Å². The maximum absolute atomic E-state index is 11.7. The Hall–Kier alpha value is -2.63. The van der Waals surface area contributed by atoms with Crippen molar-refractivity contribution in [2.75, 3.05) is 5.32 Å². The number of hydrogen-bond donors (Lipinski definition) is 2. The Morgan fingerprint density at radius 1 is 1.20 bits per heavy atom. The summed E-state index contributed by atoms with van der Waals surface area (Å²) in [6.07, 6.45) is 0. The second kappa shape index (κ2) is 6.01. The van der Waals surface area contributed by atoms with Gasteiger partial charge in [0, 0.05) is 12.6 Å². The van der Waals surface area contributed by atoms with Crippen molar-refractivity contribution in [1.29, 1.82) is 0 Å². The Bertz CT molecular complexity index is 634. The van der Waals surface area contributed by atoms with E-state index in [4.69, 9.17) is 4.52 Å². The minimum absolute atomic E-state index is 0.221. The number of benzene rings is 1. The summed E-state index contributed by atoms with van der Waals surface area (Å²) in [5.74, 6) is -0.708. The van der Waals surface area contributed by atoms with Gasteiger partial charge in [-0.05, 0) is 25.0 Å². The molecule has 0 aliphatic rings. The number of carbonyl (C=O) groups excluding carboxylic acids is 2. The van der Waals surface area contributed by atoms with Gasteiger partial charge in [-0.15, -0.1) is 0 Å². The molecule has 0 radical (unpaired) electrons. The summed E-state index contributed by atoms with van der Waals surface area (Å²) in [6.45, 7) is 3.94. The Labute approximate surface area is 116 Å². The van der Waals surface area contributed by atoms with E-state index < -0.39 is 11.8 Å². The van der Waals surface area contributed by atoms with E-state index in [1.165, 1.54) is 6.07 Å². The minimum Gasteiger partial charge on any atom is -0.360 e. The molecule has 0 bridgehead atoms. The van der Waals surface area contributed by atoms with Gasteiger partial charge in [-0.3, -0.25) is 14.9 Å². The predicted octanol–water partition coefficient (Wildman–Crippen LogP) is 1.55. The Morgan fingerprint density at radius 3 is 2.60 bits per heavy atom. The third-order valence-corrected chi connectivity index (χ3v) is 2.78. The molecule has 1 aromatic carbocycles. The van der Waals surface area contributed by atoms with Gasteiger partial charge in [0.1, 0.15) is 5.76 Å². The van der Waals surface area contributed by atoms with Gasteiger partial charge in [-0.1, -0.05) is 29.4 Å². The molecule has 6 heteroatoms. The van der Waals surface area contributed by atoms with Gasteiger partial charge in [0.05, 0.1) is 0 Å². The second-order valence-corrected chi connectivity index (χ2v) is 4.39. The first-order valence-corrected chi connectivity index (χ1v) is 6.13. The van der Waals surface area contributed by atoms with Crippen LogP contribution in [-0.2, 0) is 16.1 Å². The van der Waals surface area contributed by atoms with Gasteiger partial charge in [-0.25, -0.2) is 0 Å². The van der Waals surface area contributed by atoms with E-state index in [1.807, 2.05) is 31.2 Å². The highest BCUT2D eigenvalue weighted by molar-refractivity contribution is 6.39. The first-order valence-electron chi connectivity index (χ1n) is 6.13. The van der Waals surface area contributed by atoms with Crippen LogP contribution < -0.4 is 10.6 Å². The molecule has 0 saturated heterocycles. The lowest BCUT2D eigenvalue weighted by Gasteiger charge is -2.07. The standard InChI is InChI=1S/C14H15N3O3/c1-9-5-3-4-6-11(9)8-15-13(18)14(19)16-12-7-10(2)20-17-12/h3-7H,8H2,1-2H3,(H,15,18)(H,16,17,19). The zero-order valence-corrected chi connectivity index (χ0v) is 11.3. The molecule has 2 amide bonds. The van der Waals surface area contributed by atoms with Crippen LogP contribution in [0, 0.1) is 13.8 Å². The summed E-state index contributed by atoms with van der Waals surface area (Å²) in [7, 11) is 0. The molecular formula is C14H15N3O3. The van der Waals surface area contributed by atoms with E-state index in [1.54, 1.807) is 6.92 Å². The molecule has 2 aromatic rings. The van der Waals surface area contributed by atoms with Crippen molar-refractivity contribution in [3.63, 3.8) is 0 Å². The average molecular weight is 273 g/mol. The quantitative estimate of drug-likeness (QED) is 0.831. The van der Waals surface area contributed by atoms with E-state index in [2.05, 4.69) is 15.8 Å². The summed E-state index contributed by atoms with van der Waals surface area (Å²) in [5, 5.41) is 8.50. The molecule has 2 rings (SSSR count). The molecule has 0 saturated carbocycles. The molecule has 104 valence electrons. The SMILES string of the molecule is Cc1cc(NC(=O)C(=O)NCc2ccccc2C)no1. The lowest BCUT2D eigenvalue weighted by atomic mass is 10.1. The zero-order chi connectivity index (χ0) is 14.5. The van der Waals surface area contributed by atoms with Crippen LogP contribution in [0.25, 0.3) is 0 Å². The van der Waals surface area contributed by atoms with Crippen LogP contribution in [0.2, 0.25) is 0 Å². The van der Waals surface area contributed by atoms with Crippen LogP contribution in [0.3, 0.4) is 0 Å². The number of rotatable bonds is 3. The Kier molecular flexibility index (Phi) is 4.14. The van der Waals surface area contributed by atoms with Gasteiger partial charge in [0.25, 0.3) is 0 Å². The van der Waals surface area contributed by atoms with E-state index >= 15 is 0 Å². The minimum atomic E-state index is -0.771. The maximum Gasteiger partial charge on any atom is 0.314 e. The molecule has 6 nitrogen and oxygen atoms in total. The van der Waals surface area contributed by atoms with Crippen LogP contribution in [0.4, 0.5) is 5.82 Å². The highest BCUT2D eigenvalue weighted by atomic mass is 16.5. The predicted molar refractivity (Wildman–Crippen MR) is 72.9 cm³/mol. The number of aromatic nitrogens is 1. The molecule has 0 atom stereocenters. The first kappa shape index (κ1) is 13.8. The number of carbonyl (C=O) groups is 2. The van der Waals surface area contributed by atoms with Crippen LogP contribution in [0.5, 0.6) is 0 Å². The van der Waals surface area contributed by atoms with E-state index in [0.29, 0.717) is 12.3 Å². The molecule has 0 aliphatic heterocycles. The molecular weight excluding hydrogens is 258 g/mol. The number of nitrogens with zero attached hydrogens (tertiary/aromatic N) is 1. The van der Waals surface area contributed by atoms with Gasteiger partial charge in [-0.2, -0.15) is 0 Å². The highest BCUT2D eigenvalue weighted by Gasteiger charge is 2.15. The van der Waals surface area contributed by atoms with E-state index in [-0.39, 0.29) is 5.82 Å². The fraction of sp³-hybridized carbons (Fsp3) is 0.214. The molecule has 1 aromatic heterocycles. The van der Waals surface area contributed by atoms with Crippen molar-refractivity contribution in [3.05, 3.63) is 47.2 Å². The lowest BCUT2D eigenvalue weighted by Crippen LogP contribution is -2.35. The zero-order valence-electron chi connectivity index (χ0n) is 11.3. The third-order valence-electron chi connectivity index (χ3n) is 2.78. The van der Waals surface area contributed by atoms with Crippen molar-refractivity contribution >= 4 is 17.6 Å². The van der Waals surface area contributed by atoms with Crippen LogP contribution in [-0.4, -0.2) is 17.0 Å². The Balaban J connectivity index is 1.88. The summed E-state index contributed by atoms with van der Waals surface area (Å²) >= 11 is 0. The van der Waals surface area contributed by atoms with Crippen molar-refractivity contribution in [1.82, 2.24) is 10.5 Å². The molecule has 0 fully saturated rings. The maximum atomic E-state index is 11.7. The van der Waals surface area contributed by atoms with Crippen LogP contribution in [0.1, 0.15) is 16.9 Å². The van der Waals surface area contributed by atoms with Crippen molar-refractivity contribution in [2.24, 2.45) is 0 Å². The summed E-state index contributed by atoms with van der Waals surface area (Å²) < 4.78 is 4.79. The molecule has 20 heavy (non-hydrogen) atoms. The summed E-state index contributed by atoms with van der Waals surface area (Å²) in [5.41, 5.74) is 2.02. The van der Waals surface area contributed by atoms with Gasteiger partial charge < -0.3 is 9.84 Å². The normalized spacial score (nSPS) is 10.1. The number of anilines is 1. The number of hydrogen-bond acceptors (Lipinski definition) is 4. The smallest absolute Gasteiger partial charge is 0.314 e. The first-order chi connectivity index (χ1) is 9.56. The third kappa shape index (κ3) is 3.44. The largest absolute Gasteiger partial charge is 0.360 e. The number of amides is 2. The highest BCUT2D eigenvalue weighted by Crippen LogP contribution is 2.07. The van der Waals surface area contributed by atoms with Gasteiger partial charge in [0.15, 0.2) is 5.82 Å². The number of aryl methyl sites for hydroxylation is 2. The van der Waals surface area contributed by atoms with Crippen molar-refractivity contribution < 1.29 is 14.1 Å². The van der Waals surface area contributed by atoms with Crippen molar-refractivity contribution in [3.8, 4) is 0 Å². The van der Waals surface area contributed by atoms with Crippen molar-refractivity contribution in [2.45, 2.75) is 20.4 Å². The molecule has 0 aliphatic carbocycles. The van der Waals surface area contributed by atoms with Crippen LogP contribution >= 0.6 is 0 Å². The molecule has 0 spiro atoms. The summed E-state index contributed by atoms with van der Waals surface area (Å²) in [4.78, 5) is 23.3. The van der Waals surface area contributed by atoms with Gasteiger partial charge >= 0.3 is 11.8 Å². The van der Waals surface area contributed by atoms with Gasteiger partial charge in [0.2, 0.25) is 0 Å². The molecule has 0 unspecified atom stereocenters. The number of nitrogens with one attached hydrogen (secondary N) is 2. The second-order valence-electron chi connectivity index (χ2n) is 4.39. The Morgan fingerprint density at radius 2 is 1.95 bits per heavy atom. The van der Waals surface area contributed by atoms with Crippen LogP contribution in [0.15, 0.2) is 34.9 Å². The van der Waals surface area contributed by atoms with E-state index in [9.17, 15) is 9.59 Å². The molecule has 2 N–H and O–H groups in total. The fourth-order valence-electron chi connectivity index (χ4n) is 1.66. The molecule has 1 heterocycles. The topological polar surface area (TPSA) is 84.2 Å². The summed E-state index contributed by atoms with van der Waals surface area (Å²) in [6, 6.07) is 9.17. The monoisotopic (exact) mass is 273 g/mol.